The Kier molecular flexibility index (Phi) is 3.81. The normalized spacial score (nSPS) is 56.3. The largest absolute Gasteiger partial charge is 0.462 e. The van der Waals surface area contributed by atoms with E-state index in [1.165, 1.54) is 19.3 Å². The zero-order valence-corrected chi connectivity index (χ0v) is 16.6. The molecule has 0 amide bonds. The van der Waals surface area contributed by atoms with Crippen molar-refractivity contribution in [1.82, 2.24) is 4.90 Å². The molecule has 5 nitrogen and oxygen atoms in total. The first-order valence-electron chi connectivity index (χ1n) is 10.6. The Bertz CT molecular complexity index is 601. The van der Waals surface area contributed by atoms with Crippen LogP contribution in [0.4, 0.5) is 0 Å². The highest BCUT2D eigenvalue weighted by Gasteiger charge is 2.78. The quantitative estimate of drug-likeness (QED) is 0.558. The maximum Gasteiger partial charge on any atom is 0.311 e. The lowest BCUT2D eigenvalue weighted by atomic mass is 9.53. The Balaban J connectivity index is 1.38. The first-order valence-corrected chi connectivity index (χ1v) is 10.6. The second kappa shape index (κ2) is 5.68. The number of nitrogens with zero attached hydrogens (tertiary/aromatic N) is 1. The minimum atomic E-state index is -0.0412. The highest BCUT2D eigenvalue weighted by molar-refractivity contribution is 5.76. The molecule has 3 heterocycles. The molecule has 0 bridgehead atoms. The van der Waals surface area contributed by atoms with Crippen molar-refractivity contribution >= 4 is 5.97 Å². The van der Waals surface area contributed by atoms with E-state index in [0.29, 0.717) is 5.92 Å². The van der Waals surface area contributed by atoms with E-state index in [1.54, 1.807) is 0 Å². The van der Waals surface area contributed by atoms with Crippen LogP contribution < -0.4 is 0 Å². The molecule has 0 N–H and O–H groups in total. The van der Waals surface area contributed by atoms with Crippen LogP contribution in [0.3, 0.4) is 0 Å². The van der Waals surface area contributed by atoms with Crippen LogP contribution in [-0.4, -0.2) is 60.5 Å². The van der Waals surface area contributed by atoms with Crippen LogP contribution in [-0.2, 0) is 19.0 Å². The van der Waals surface area contributed by atoms with Gasteiger partial charge in [0.15, 0.2) is 0 Å². The molecule has 0 aromatic rings. The summed E-state index contributed by atoms with van der Waals surface area (Å²) in [7, 11) is 0. The minimum Gasteiger partial charge on any atom is -0.462 e. The zero-order chi connectivity index (χ0) is 18.3. The first kappa shape index (κ1) is 17.4. The first-order chi connectivity index (χ1) is 12.3. The molecule has 9 atom stereocenters. The highest BCUT2D eigenvalue weighted by Crippen LogP contribution is 2.70. The van der Waals surface area contributed by atoms with Gasteiger partial charge in [-0.3, -0.25) is 9.69 Å². The summed E-state index contributed by atoms with van der Waals surface area (Å²) in [5, 5.41) is 0. The number of hydrogen-bond donors (Lipinski definition) is 0. The summed E-state index contributed by atoms with van der Waals surface area (Å²) in [6.45, 7) is 11.6. The number of morpholine rings is 1. The van der Waals surface area contributed by atoms with E-state index < -0.39 is 0 Å². The molecule has 1 spiro atoms. The van der Waals surface area contributed by atoms with Gasteiger partial charge in [-0.1, -0.05) is 20.3 Å². The Morgan fingerprint density at radius 2 is 1.92 bits per heavy atom. The summed E-state index contributed by atoms with van der Waals surface area (Å²) < 4.78 is 18.3. The van der Waals surface area contributed by atoms with Crippen molar-refractivity contribution in [1.29, 1.82) is 0 Å². The average molecular weight is 363 g/mol. The third kappa shape index (κ3) is 2.29. The molecule has 26 heavy (non-hydrogen) atoms. The fraction of sp³-hybridized carbons (Fsp3) is 0.952. The van der Waals surface area contributed by atoms with Gasteiger partial charge in [-0.2, -0.15) is 0 Å². The summed E-state index contributed by atoms with van der Waals surface area (Å²) in [6.07, 6.45) is 5.43. The number of fused-ring (bicyclic) bond motifs is 2. The van der Waals surface area contributed by atoms with Gasteiger partial charge in [-0.05, 0) is 39.0 Å². The molecular weight excluding hydrogens is 330 g/mol. The Labute approximate surface area is 156 Å². The molecule has 5 fully saturated rings. The number of epoxide rings is 1. The van der Waals surface area contributed by atoms with Crippen LogP contribution in [0, 0.1) is 23.2 Å². The molecule has 3 saturated heterocycles. The van der Waals surface area contributed by atoms with Gasteiger partial charge in [0.2, 0.25) is 0 Å². The predicted molar refractivity (Wildman–Crippen MR) is 96.7 cm³/mol. The lowest BCUT2D eigenvalue weighted by Gasteiger charge is -2.49. The van der Waals surface area contributed by atoms with Crippen molar-refractivity contribution in [3.63, 3.8) is 0 Å². The van der Waals surface area contributed by atoms with Gasteiger partial charge in [-0.25, -0.2) is 0 Å². The second-order valence-electron chi connectivity index (χ2n) is 10.0. The zero-order valence-electron chi connectivity index (χ0n) is 16.6. The maximum absolute atomic E-state index is 12.8. The van der Waals surface area contributed by atoms with Crippen molar-refractivity contribution in [3.05, 3.63) is 0 Å². The molecule has 0 unspecified atom stereocenters. The van der Waals surface area contributed by atoms with Gasteiger partial charge in [0.25, 0.3) is 0 Å². The molecule has 3 aliphatic heterocycles. The second-order valence-corrected chi connectivity index (χ2v) is 10.0. The molecule has 2 aliphatic carbocycles. The molecule has 5 heteroatoms. The number of carbonyl (C=O) groups excluding carboxylic acids is 1. The molecule has 2 saturated carbocycles. The van der Waals surface area contributed by atoms with Gasteiger partial charge >= 0.3 is 5.97 Å². The van der Waals surface area contributed by atoms with Crippen LogP contribution in [0.1, 0.15) is 53.4 Å². The molecule has 0 radical (unpaired) electrons. The van der Waals surface area contributed by atoms with Crippen LogP contribution in [0.2, 0.25) is 0 Å². The van der Waals surface area contributed by atoms with Crippen molar-refractivity contribution < 1.29 is 19.0 Å². The van der Waals surface area contributed by atoms with Crippen molar-refractivity contribution in [2.75, 3.05) is 19.6 Å². The molecule has 5 aliphatic rings. The van der Waals surface area contributed by atoms with Gasteiger partial charge in [-0.15, -0.1) is 0 Å². The average Bonchev–Trinajstić information content (AvgIpc) is 3.22. The fourth-order valence-corrected chi connectivity index (χ4v) is 7.15. The Morgan fingerprint density at radius 1 is 1.19 bits per heavy atom. The summed E-state index contributed by atoms with van der Waals surface area (Å²) in [6, 6.07) is 0. The van der Waals surface area contributed by atoms with Crippen molar-refractivity contribution in [3.8, 4) is 0 Å². The molecule has 5 rings (SSSR count). The fourth-order valence-electron chi connectivity index (χ4n) is 7.15. The van der Waals surface area contributed by atoms with Crippen LogP contribution in [0.5, 0.6) is 0 Å². The number of esters is 1. The Hall–Kier alpha value is -0.650. The summed E-state index contributed by atoms with van der Waals surface area (Å²) in [4.78, 5) is 15.2. The van der Waals surface area contributed by atoms with Crippen LogP contribution >= 0.6 is 0 Å². The Morgan fingerprint density at radius 3 is 2.65 bits per heavy atom. The SMILES string of the molecule is C[C@@H]1CN(C[C@@H]2C(=O)O[C@@H]3C[C@@]4(C)CCC[C@H](C)[C@]45O[C@H]5[C@H]23)C[C@H](C)O1. The van der Waals surface area contributed by atoms with E-state index in [0.717, 1.165) is 26.1 Å². The molecule has 146 valence electrons. The molecule has 0 aromatic heterocycles. The van der Waals surface area contributed by atoms with Crippen LogP contribution in [0.15, 0.2) is 0 Å². The number of rotatable bonds is 2. The topological polar surface area (TPSA) is 51.3 Å². The monoisotopic (exact) mass is 363 g/mol. The summed E-state index contributed by atoms with van der Waals surface area (Å²) >= 11 is 0. The van der Waals surface area contributed by atoms with E-state index >= 15 is 0 Å². The van der Waals surface area contributed by atoms with E-state index in [-0.39, 0.29) is 53.2 Å². The molecular formula is C21H33NO4. The smallest absolute Gasteiger partial charge is 0.311 e. The number of hydrogen-bond acceptors (Lipinski definition) is 5. The molecule has 0 aromatic carbocycles. The van der Waals surface area contributed by atoms with E-state index in [1.807, 2.05) is 0 Å². The third-order valence-corrected chi connectivity index (χ3v) is 8.14. The van der Waals surface area contributed by atoms with Gasteiger partial charge in [0.1, 0.15) is 11.7 Å². The lowest BCUT2D eigenvalue weighted by molar-refractivity contribution is -0.147. The van der Waals surface area contributed by atoms with Gasteiger partial charge in [0.05, 0.1) is 24.2 Å². The predicted octanol–water partition coefficient (Wildman–Crippen LogP) is 2.62. The standard InChI is InChI=1S/C21H33NO4/c1-12-6-5-7-20(4)8-16-17(18-21(12,20)26-18)15(19(23)25-16)11-22-9-13(2)24-14(3)10-22/h12-18H,5-11H2,1-4H3/t12-,13-,14+,15-,16+,17+,18-,20+,21+/m0/s1. The van der Waals surface area contributed by atoms with Crippen molar-refractivity contribution in [2.24, 2.45) is 23.2 Å². The van der Waals surface area contributed by atoms with Gasteiger partial charge in [0, 0.05) is 31.0 Å². The van der Waals surface area contributed by atoms with Crippen molar-refractivity contribution in [2.45, 2.75) is 83.4 Å². The van der Waals surface area contributed by atoms with Crippen LogP contribution in [0.25, 0.3) is 0 Å². The highest BCUT2D eigenvalue weighted by atomic mass is 16.6. The van der Waals surface area contributed by atoms with E-state index in [2.05, 4.69) is 32.6 Å². The van der Waals surface area contributed by atoms with E-state index in [9.17, 15) is 4.79 Å². The lowest BCUT2D eigenvalue weighted by Crippen LogP contribution is -2.55. The van der Waals surface area contributed by atoms with Gasteiger partial charge < -0.3 is 14.2 Å². The summed E-state index contributed by atoms with van der Waals surface area (Å²) in [5.74, 6) is 0.796. The summed E-state index contributed by atoms with van der Waals surface area (Å²) in [5.41, 5.74) is 0.178. The number of carbonyl (C=O) groups is 1. The minimum absolute atomic E-state index is 0.00421. The maximum atomic E-state index is 12.8. The third-order valence-electron chi connectivity index (χ3n) is 8.14. The van der Waals surface area contributed by atoms with E-state index in [4.69, 9.17) is 14.2 Å². The number of ether oxygens (including phenoxy) is 3.